The van der Waals surface area contributed by atoms with Gasteiger partial charge in [-0.3, -0.25) is 14.9 Å². The van der Waals surface area contributed by atoms with Gasteiger partial charge >= 0.3 is 5.97 Å². The van der Waals surface area contributed by atoms with E-state index in [0.29, 0.717) is 12.2 Å². The summed E-state index contributed by atoms with van der Waals surface area (Å²) in [5.41, 5.74) is -0.0322. The van der Waals surface area contributed by atoms with Crippen LogP contribution in [0, 0.1) is 10.1 Å². The largest absolute Gasteiger partial charge is 0.469 e. The Labute approximate surface area is 116 Å². The average Bonchev–Trinajstić information content (AvgIpc) is 2.48. The number of hydrogen-bond acceptors (Lipinski definition) is 6. The number of nitrogens with zero attached hydrogens (tertiary/aromatic N) is 3. The monoisotopic (exact) mass is 279 g/mol. The fourth-order valence-electron chi connectivity index (χ4n) is 2.45. The summed E-state index contributed by atoms with van der Waals surface area (Å²) in [7, 11) is 1.37. The van der Waals surface area contributed by atoms with Crippen molar-refractivity contribution in [2.45, 2.75) is 31.7 Å². The molecule has 1 atom stereocenters. The molecule has 0 aromatic carbocycles. The van der Waals surface area contributed by atoms with Crippen molar-refractivity contribution < 1.29 is 14.5 Å². The van der Waals surface area contributed by atoms with Crippen molar-refractivity contribution >= 4 is 17.5 Å². The first-order valence-corrected chi connectivity index (χ1v) is 6.55. The maximum Gasteiger partial charge on any atom is 0.307 e. The summed E-state index contributed by atoms with van der Waals surface area (Å²) in [4.78, 5) is 27.8. The minimum absolute atomic E-state index is 0.0322. The van der Waals surface area contributed by atoms with Gasteiger partial charge in [-0.15, -0.1) is 0 Å². The molecule has 0 aliphatic carbocycles. The van der Waals surface area contributed by atoms with Gasteiger partial charge in [0.25, 0.3) is 5.69 Å². The highest BCUT2D eigenvalue weighted by Gasteiger charge is 2.26. The summed E-state index contributed by atoms with van der Waals surface area (Å²) >= 11 is 0. The number of nitro groups is 1. The van der Waals surface area contributed by atoms with Crippen molar-refractivity contribution in [1.29, 1.82) is 0 Å². The van der Waals surface area contributed by atoms with Crippen molar-refractivity contribution in [2.75, 3.05) is 18.6 Å². The number of methoxy groups -OCH3 is 1. The molecule has 0 saturated carbocycles. The number of ether oxygens (including phenoxy) is 1. The molecule has 2 heterocycles. The number of esters is 1. The van der Waals surface area contributed by atoms with Crippen molar-refractivity contribution in [1.82, 2.24) is 4.98 Å². The number of piperidine rings is 1. The Morgan fingerprint density at radius 2 is 2.35 bits per heavy atom. The minimum atomic E-state index is -0.473. The topological polar surface area (TPSA) is 85.6 Å². The van der Waals surface area contributed by atoms with Crippen LogP contribution in [0.4, 0.5) is 11.5 Å². The predicted molar refractivity (Wildman–Crippen MR) is 72.5 cm³/mol. The van der Waals surface area contributed by atoms with Gasteiger partial charge in [-0.2, -0.15) is 0 Å². The van der Waals surface area contributed by atoms with E-state index in [4.69, 9.17) is 4.74 Å². The highest BCUT2D eigenvalue weighted by molar-refractivity contribution is 5.70. The number of aromatic nitrogens is 1. The number of carbonyl (C=O) groups is 1. The molecule has 1 saturated heterocycles. The number of hydrogen-bond donors (Lipinski definition) is 0. The van der Waals surface area contributed by atoms with Crippen LogP contribution in [0.1, 0.15) is 25.7 Å². The third-order valence-electron chi connectivity index (χ3n) is 3.49. The van der Waals surface area contributed by atoms with Crippen molar-refractivity contribution in [3.05, 3.63) is 28.4 Å². The zero-order chi connectivity index (χ0) is 14.5. The van der Waals surface area contributed by atoms with Gasteiger partial charge in [-0.25, -0.2) is 4.98 Å². The van der Waals surface area contributed by atoms with Crippen LogP contribution < -0.4 is 4.90 Å². The normalized spacial score (nSPS) is 18.6. The van der Waals surface area contributed by atoms with E-state index >= 15 is 0 Å². The summed E-state index contributed by atoms with van der Waals surface area (Å²) in [6, 6.07) is 3.12. The Balaban J connectivity index is 2.14. The first-order chi connectivity index (χ1) is 9.61. The number of anilines is 1. The van der Waals surface area contributed by atoms with E-state index in [1.54, 1.807) is 6.07 Å². The van der Waals surface area contributed by atoms with Crippen LogP contribution in [0.25, 0.3) is 0 Å². The fourth-order valence-corrected chi connectivity index (χ4v) is 2.45. The molecule has 1 aromatic rings. The molecule has 1 aromatic heterocycles. The molecule has 0 spiro atoms. The summed E-state index contributed by atoms with van der Waals surface area (Å²) in [6.45, 7) is 0.798. The maximum atomic E-state index is 11.4. The van der Waals surface area contributed by atoms with Crippen molar-refractivity contribution in [2.24, 2.45) is 0 Å². The Bertz CT molecular complexity index is 489. The van der Waals surface area contributed by atoms with Crippen LogP contribution >= 0.6 is 0 Å². The predicted octanol–water partition coefficient (Wildman–Crippen LogP) is 1.91. The minimum Gasteiger partial charge on any atom is -0.469 e. The second kappa shape index (κ2) is 6.31. The van der Waals surface area contributed by atoms with Crippen molar-refractivity contribution in [3.63, 3.8) is 0 Å². The average molecular weight is 279 g/mol. The molecule has 1 fully saturated rings. The molecular weight excluding hydrogens is 262 g/mol. The fraction of sp³-hybridized carbons (Fsp3) is 0.538. The third-order valence-corrected chi connectivity index (χ3v) is 3.49. The second-order valence-electron chi connectivity index (χ2n) is 4.75. The quantitative estimate of drug-likeness (QED) is 0.475. The van der Waals surface area contributed by atoms with Crippen molar-refractivity contribution in [3.8, 4) is 0 Å². The van der Waals surface area contributed by atoms with Gasteiger partial charge in [-0.1, -0.05) is 0 Å². The Hall–Kier alpha value is -2.18. The van der Waals surface area contributed by atoms with Gasteiger partial charge in [0.1, 0.15) is 12.0 Å². The van der Waals surface area contributed by atoms with Gasteiger partial charge in [0, 0.05) is 18.7 Å². The molecule has 1 unspecified atom stereocenters. The number of carbonyl (C=O) groups excluding carboxylic acids is 1. The molecule has 0 amide bonds. The zero-order valence-electron chi connectivity index (χ0n) is 11.3. The van der Waals surface area contributed by atoms with Gasteiger partial charge < -0.3 is 9.64 Å². The lowest BCUT2D eigenvalue weighted by Gasteiger charge is -2.36. The van der Waals surface area contributed by atoms with Gasteiger partial charge in [0.15, 0.2) is 0 Å². The van der Waals surface area contributed by atoms with E-state index in [1.807, 2.05) is 4.90 Å². The standard InChI is InChI=1S/C13H17N3O4/c1-20-13(17)8-10-4-2-3-7-15(10)12-6-5-11(9-14-12)16(18)19/h5-6,9-10H,2-4,7-8H2,1H3. The van der Waals surface area contributed by atoms with Crippen LogP contribution in [0.15, 0.2) is 18.3 Å². The molecule has 0 N–H and O–H groups in total. The number of rotatable bonds is 4. The molecule has 20 heavy (non-hydrogen) atoms. The first kappa shape index (κ1) is 14.2. The maximum absolute atomic E-state index is 11.4. The highest BCUT2D eigenvalue weighted by Crippen LogP contribution is 2.26. The molecule has 1 aliphatic heterocycles. The molecule has 7 heteroatoms. The third kappa shape index (κ3) is 3.23. The van der Waals surface area contributed by atoms with Crippen LogP contribution in [-0.4, -0.2) is 35.6 Å². The van der Waals surface area contributed by atoms with E-state index in [2.05, 4.69) is 4.98 Å². The number of pyridine rings is 1. The molecule has 1 aliphatic rings. The summed E-state index contributed by atoms with van der Waals surface area (Å²) in [5, 5.41) is 10.6. The van der Waals surface area contributed by atoms with Gasteiger partial charge in [0.05, 0.1) is 18.5 Å². The summed E-state index contributed by atoms with van der Waals surface area (Å²) in [6.07, 6.45) is 4.55. The molecule has 7 nitrogen and oxygen atoms in total. The SMILES string of the molecule is COC(=O)CC1CCCCN1c1ccc([N+](=O)[O-])cn1. The lowest BCUT2D eigenvalue weighted by molar-refractivity contribution is -0.385. The molecule has 2 rings (SSSR count). The van der Waals surface area contributed by atoms with Gasteiger partial charge in [-0.05, 0) is 25.3 Å². The summed E-state index contributed by atoms with van der Waals surface area (Å²) < 4.78 is 4.71. The van der Waals surface area contributed by atoms with E-state index in [0.717, 1.165) is 25.8 Å². The zero-order valence-corrected chi connectivity index (χ0v) is 11.3. The highest BCUT2D eigenvalue weighted by atomic mass is 16.6. The van der Waals surface area contributed by atoms with Crippen LogP contribution in [-0.2, 0) is 9.53 Å². The van der Waals surface area contributed by atoms with Gasteiger partial charge in [0.2, 0.25) is 0 Å². The lowest BCUT2D eigenvalue weighted by atomic mass is 9.99. The molecule has 108 valence electrons. The Morgan fingerprint density at radius 1 is 1.55 bits per heavy atom. The first-order valence-electron chi connectivity index (χ1n) is 6.55. The molecule has 0 bridgehead atoms. The molecule has 0 radical (unpaired) electrons. The summed E-state index contributed by atoms with van der Waals surface area (Å²) in [5.74, 6) is 0.424. The van der Waals surface area contributed by atoms with E-state index in [1.165, 1.54) is 19.4 Å². The Kier molecular flexibility index (Phi) is 4.49. The van der Waals surface area contributed by atoms with Crippen LogP contribution in [0.3, 0.4) is 0 Å². The smallest absolute Gasteiger partial charge is 0.307 e. The lowest BCUT2D eigenvalue weighted by Crippen LogP contribution is -2.41. The second-order valence-corrected chi connectivity index (χ2v) is 4.75. The molecular formula is C13H17N3O4. The van der Waals surface area contributed by atoms with E-state index in [9.17, 15) is 14.9 Å². The van der Waals surface area contributed by atoms with E-state index in [-0.39, 0.29) is 17.7 Å². The Morgan fingerprint density at radius 3 is 2.95 bits per heavy atom. The van der Waals surface area contributed by atoms with E-state index < -0.39 is 4.92 Å². The van der Waals surface area contributed by atoms with Crippen LogP contribution in [0.2, 0.25) is 0 Å². The van der Waals surface area contributed by atoms with Crippen LogP contribution in [0.5, 0.6) is 0 Å².